The fourth-order valence-corrected chi connectivity index (χ4v) is 1.31. The maximum Gasteiger partial charge on any atom is 0.345 e. The summed E-state index contributed by atoms with van der Waals surface area (Å²) in [6.45, 7) is 14.4. The molecule has 3 nitrogen and oxygen atoms in total. The van der Waals surface area contributed by atoms with Crippen molar-refractivity contribution in [1.29, 1.82) is 5.26 Å². The molecule has 0 amide bonds. The van der Waals surface area contributed by atoms with Crippen LogP contribution < -0.4 is 0 Å². The minimum Gasteiger partial charge on any atom is -0.347 e. The maximum absolute atomic E-state index is 9.85. The molecule has 0 spiro atoms. The van der Waals surface area contributed by atoms with E-state index in [4.69, 9.17) is 5.26 Å². The molecule has 0 aromatic heterocycles. The molecule has 0 aromatic carbocycles. The molecule has 0 saturated carbocycles. The summed E-state index contributed by atoms with van der Waals surface area (Å²) in [5, 5.41) is 7.63. The Morgan fingerprint density at radius 3 is 2.07 bits per heavy atom. The highest BCUT2D eigenvalue weighted by Gasteiger charge is 2.11. The first-order valence-corrected chi connectivity index (χ1v) is 4.95. The van der Waals surface area contributed by atoms with E-state index < -0.39 is 5.97 Å². The predicted octanol–water partition coefficient (Wildman–Crippen LogP) is 3.28. The van der Waals surface area contributed by atoms with Crippen molar-refractivity contribution in [3.63, 3.8) is 0 Å². The zero-order valence-corrected chi connectivity index (χ0v) is 10.3. The van der Waals surface area contributed by atoms with Crippen LogP contribution in [-0.4, -0.2) is 5.97 Å². The molecule has 0 saturated heterocycles. The number of nitriles is 1. The number of carbonyl (C=O) groups excluding carboxylic acids is 1. The van der Waals surface area contributed by atoms with Crippen LogP contribution in [0.15, 0.2) is 12.7 Å². The Morgan fingerprint density at radius 2 is 2.00 bits per heavy atom. The number of hydrogen-bond donors (Lipinski definition) is 0. The van der Waals surface area contributed by atoms with Crippen LogP contribution in [0.3, 0.4) is 0 Å². The molecule has 86 valence electrons. The molecule has 0 unspecified atom stereocenters. The van der Waals surface area contributed by atoms with E-state index in [0.717, 1.165) is 12.0 Å². The molecule has 0 bridgehead atoms. The molecule has 0 rings (SSSR count). The van der Waals surface area contributed by atoms with Gasteiger partial charge in [-0.05, 0) is 17.8 Å². The van der Waals surface area contributed by atoms with E-state index in [1.807, 2.05) is 0 Å². The Labute approximate surface area is 92.7 Å². The fraction of sp³-hybridized carbons (Fsp3) is 0.667. The van der Waals surface area contributed by atoms with Gasteiger partial charge in [-0.25, -0.2) is 4.79 Å². The van der Waals surface area contributed by atoms with Crippen LogP contribution in [-0.2, 0) is 9.53 Å². The summed E-state index contributed by atoms with van der Waals surface area (Å²) in [5.74, 6) is 0.123. The van der Waals surface area contributed by atoms with E-state index in [1.165, 1.54) is 12.7 Å². The third kappa shape index (κ3) is 19.2. The molecule has 0 aliphatic carbocycles. The summed E-state index contributed by atoms with van der Waals surface area (Å²) in [6.07, 6.45) is 3.44. The predicted molar refractivity (Wildman–Crippen MR) is 60.8 cm³/mol. The SMILES string of the molecule is C=CC(=O)OC#N.CC(C)CC(C)(C)C. The van der Waals surface area contributed by atoms with Crippen molar-refractivity contribution < 1.29 is 9.53 Å². The summed E-state index contributed by atoms with van der Waals surface area (Å²) >= 11 is 0. The van der Waals surface area contributed by atoms with Crippen LogP contribution in [0.25, 0.3) is 0 Å². The zero-order chi connectivity index (χ0) is 12.5. The minimum absolute atomic E-state index is 0.522. The molecular weight excluding hydrogens is 190 g/mol. The lowest BCUT2D eigenvalue weighted by atomic mass is 9.86. The minimum atomic E-state index is -0.720. The third-order valence-corrected chi connectivity index (χ3v) is 1.33. The van der Waals surface area contributed by atoms with E-state index >= 15 is 0 Å². The first-order valence-electron chi connectivity index (χ1n) is 4.95. The van der Waals surface area contributed by atoms with Crippen molar-refractivity contribution in [3.05, 3.63) is 12.7 Å². The van der Waals surface area contributed by atoms with E-state index in [1.54, 1.807) is 0 Å². The molecule has 3 heteroatoms. The van der Waals surface area contributed by atoms with Crippen LogP contribution >= 0.6 is 0 Å². The van der Waals surface area contributed by atoms with Gasteiger partial charge in [0.05, 0.1) is 0 Å². The molecule has 0 atom stereocenters. The highest BCUT2D eigenvalue weighted by Crippen LogP contribution is 2.23. The van der Waals surface area contributed by atoms with Crippen molar-refractivity contribution in [3.8, 4) is 6.26 Å². The average Bonchev–Trinajstić information content (AvgIpc) is 2.01. The second-order valence-corrected chi connectivity index (χ2v) is 4.88. The summed E-state index contributed by atoms with van der Waals surface area (Å²) in [5.41, 5.74) is 0.522. The molecule has 0 radical (unpaired) electrons. The lowest BCUT2D eigenvalue weighted by molar-refractivity contribution is -0.131. The molecule has 0 heterocycles. The molecule has 0 fully saturated rings. The topological polar surface area (TPSA) is 50.1 Å². The van der Waals surface area contributed by atoms with Gasteiger partial charge in [0.25, 0.3) is 6.26 Å². The fourth-order valence-electron chi connectivity index (χ4n) is 1.31. The Kier molecular flexibility index (Phi) is 8.66. The van der Waals surface area contributed by atoms with Gasteiger partial charge in [-0.1, -0.05) is 41.2 Å². The number of nitrogens with zero attached hydrogens (tertiary/aromatic N) is 1. The Balaban J connectivity index is 0. The van der Waals surface area contributed by atoms with Crippen LogP contribution in [0.2, 0.25) is 0 Å². The molecule has 0 aliphatic heterocycles. The summed E-state index contributed by atoms with van der Waals surface area (Å²) in [4.78, 5) is 9.85. The smallest absolute Gasteiger partial charge is 0.345 e. The van der Waals surface area contributed by atoms with E-state index in [-0.39, 0.29) is 0 Å². The quantitative estimate of drug-likeness (QED) is 0.400. The Hall–Kier alpha value is -1.30. The van der Waals surface area contributed by atoms with Crippen LogP contribution in [0, 0.1) is 22.9 Å². The summed E-state index contributed by atoms with van der Waals surface area (Å²) in [7, 11) is 0. The first-order chi connectivity index (χ1) is 6.72. The van der Waals surface area contributed by atoms with Crippen molar-refractivity contribution in [2.24, 2.45) is 11.3 Å². The second-order valence-electron chi connectivity index (χ2n) is 4.88. The average molecular weight is 211 g/mol. The standard InChI is InChI=1S/C8H18.C4H3NO2/c1-7(2)6-8(3,4)5;1-2-4(6)7-3-5/h7H,6H2,1-5H3;2H,1H2. The van der Waals surface area contributed by atoms with E-state index in [0.29, 0.717) is 5.41 Å². The van der Waals surface area contributed by atoms with Crippen molar-refractivity contribution >= 4 is 5.97 Å². The van der Waals surface area contributed by atoms with Crippen molar-refractivity contribution in [2.75, 3.05) is 0 Å². The number of ether oxygens (including phenoxy) is 1. The van der Waals surface area contributed by atoms with Gasteiger partial charge in [0.1, 0.15) is 0 Å². The lowest BCUT2D eigenvalue weighted by Gasteiger charge is -2.19. The lowest BCUT2D eigenvalue weighted by Crippen LogP contribution is -2.08. The van der Waals surface area contributed by atoms with Gasteiger partial charge in [-0.3, -0.25) is 0 Å². The van der Waals surface area contributed by atoms with E-state index in [2.05, 4.69) is 45.9 Å². The third-order valence-electron chi connectivity index (χ3n) is 1.33. The van der Waals surface area contributed by atoms with Crippen molar-refractivity contribution in [2.45, 2.75) is 41.0 Å². The molecular formula is C12H21NO2. The van der Waals surface area contributed by atoms with Crippen LogP contribution in [0.5, 0.6) is 0 Å². The summed E-state index contributed by atoms with van der Waals surface area (Å²) < 4.78 is 3.74. The molecule has 0 aliphatic rings. The van der Waals surface area contributed by atoms with Gasteiger partial charge in [-0.15, -0.1) is 5.26 Å². The van der Waals surface area contributed by atoms with Gasteiger partial charge < -0.3 is 4.74 Å². The monoisotopic (exact) mass is 211 g/mol. The Morgan fingerprint density at radius 1 is 1.53 bits per heavy atom. The molecule has 0 N–H and O–H groups in total. The van der Waals surface area contributed by atoms with Crippen molar-refractivity contribution in [1.82, 2.24) is 0 Å². The van der Waals surface area contributed by atoms with Gasteiger partial charge in [0.15, 0.2) is 0 Å². The van der Waals surface area contributed by atoms with Gasteiger partial charge in [0, 0.05) is 6.08 Å². The summed E-state index contributed by atoms with van der Waals surface area (Å²) in [6, 6.07) is 0. The van der Waals surface area contributed by atoms with Gasteiger partial charge in [0.2, 0.25) is 0 Å². The highest BCUT2D eigenvalue weighted by molar-refractivity contribution is 5.81. The molecule has 0 aromatic rings. The zero-order valence-electron chi connectivity index (χ0n) is 10.3. The van der Waals surface area contributed by atoms with Crippen LogP contribution in [0.4, 0.5) is 0 Å². The normalized spacial score (nSPS) is 9.67. The number of carbonyl (C=O) groups is 1. The molecule has 15 heavy (non-hydrogen) atoms. The Bertz CT molecular complexity index is 231. The number of rotatable bonds is 2. The van der Waals surface area contributed by atoms with Crippen LogP contribution in [0.1, 0.15) is 41.0 Å². The number of hydrogen-bond acceptors (Lipinski definition) is 3. The first kappa shape index (κ1) is 16.1. The van der Waals surface area contributed by atoms with E-state index in [9.17, 15) is 4.79 Å². The van der Waals surface area contributed by atoms with Gasteiger partial charge >= 0.3 is 5.97 Å². The highest BCUT2D eigenvalue weighted by atomic mass is 16.5. The second kappa shape index (κ2) is 8.05. The maximum atomic E-state index is 9.85. The van der Waals surface area contributed by atoms with Gasteiger partial charge in [-0.2, -0.15) is 0 Å². The number of esters is 1. The largest absolute Gasteiger partial charge is 0.347 e.